The van der Waals surface area contributed by atoms with Crippen LogP contribution in [0.15, 0.2) is 18.2 Å². The maximum absolute atomic E-state index is 12.8. The highest BCUT2D eigenvalue weighted by Crippen LogP contribution is 2.28. The fraction of sp³-hybridized carbons (Fsp3) is 0.444. The van der Waals surface area contributed by atoms with Gasteiger partial charge in [0.05, 0.1) is 11.1 Å². The fourth-order valence-electron chi connectivity index (χ4n) is 3.74. The molecule has 0 radical (unpaired) electrons. The minimum atomic E-state index is -0.920. The van der Waals surface area contributed by atoms with Gasteiger partial charge >= 0.3 is 0 Å². The summed E-state index contributed by atoms with van der Waals surface area (Å²) in [6.45, 7) is 4.46. The molecule has 1 aromatic carbocycles. The molecular weight excluding hydrogens is 336 g/mol. The van der Waals surface area contributed by atoms with Gasteiger partial charge in [0.15, 0.2) is 0 Å². The Hall–Kier alpha value is -2.58. The fourth-order valence-corrected chi connectivity index (χ4v) is 3.74. The zero-order valence-electron chi connectivity index (χ0n) is 14.3. The highest BCUT2D eigenvalue weighted by atomic mass is 16.2. The van der Waals surface area contributed by atoms with E-state index in [4.69, 9.17) is 0 Å². The molecule has 1 aromatic rings. The molecule has 0 aromatic heterocycles. The van der Waals surface area contributed by atoms with Crippen molar-refractivity contribution in [2.45, 2.75) is 25.4 Å². The molecule has 4 rings (SSSR count). The second-order valence-electron chi connectivity index (χ2n) is 6.85. The van der Waals surface area contributed by atoms with Crippen LogP contribution in [-0.4, -0.2) is 65.6 Å². The van der Waals surface area contributed by atoms with Gasteiger partial charge < -0.3 is 5.32 Å². The van der Waals surface area contributed by atoms with Crippen LogP contribution >= 0.6 is 0 Å². The molecule has 8 heteroatoms. The van der Waals surface area contributed by atoms with Crippen molar-refractivity contribution >= 4 is 23.6 Å². The molecule has 0 bridgehead atoms. The Balaban J connectivity index is 1.56. The van der Waals surface area contributed by atoms with Gasteiger partial charge in [0.1, 0.15) is 6.04 Å². The Morgan fingerprint density at radius 2 is 1.73 bits per heavy atom. The number of amides is 4. The number of piperidine rings is 1. The third-order valence-electron chi connectivity index (χ3n) is 5.12. The van der Waals surface area contributed by atoms with Gasteiger partial charge in [-0.3, -0.25) is 34.3 Å². The second-order valence-corrected chi connectivity index (χ2v) is 6.85. The molecule has 0 spiro atoms. The zero-order chi connectivity index (χ0) is 18.3. The van der Waals surface area contributed by atoms with Crippen molar-refractivity contribution in [1.82, 2.24) is 20.4 Å². The number of fused-ring (bicyclic) bond motifs is 1. The molecule has 0 aliphatic carbocycles. The van der Waals surface area contributed by atoms with E-state index < -0.39 is 23.8 Å². The van der Waals surface area contributed by atoms with Crippen LogP contribution < -0.4 is 10.6 Å². The van der Waals surface area contributed by atoms with Gasteiger partial charge in [0, 0.05) is 39.1 Å². The molecule has 8 nitrogen and oxygen atoms in total. The maximum Gasteiger partial charge on any atom is 0.262 e. The lowest BCUT2D eigenvalue weighted by atomic mass is 10.0. The minimum Gasteiger partial charge on any atom is -0.314 e. The van der Waals surface area contributed by atoms with Crippen molar-refractivity contribution < 1.29 is 19.2 Å². The second kappa shape index (κ2) is 6.62. The Morgan fingerprint density at radius 3 is 2.46 bits per heavy atom. The third-order valence-corrected chi connectivity index (χ3v) is 5.12. The van der Waals surface area contributed by atoms with Gasteiger partial charge in [-0.2, -0.15) is 0 Å². The molecule has 3 aliphatic rings. The van der Waals surface area contributed by atoms with Crippen molar-refractivity contribution in [3.8, 4) is 0 Å². The summed E-state index contributed by atoms with van der Waals surface area (Å²) in [6.07, 6.45) is 0.293. The average molecular weight is 356 g/mol. The standard InChI is InChI=1S/C18H20N4O4/c23-15-4-3-14(16(24)20-15)22-17(25)12-2-1-11(9-13(12)18(22)26)10-21-7-5-19-6-8-21/h1-2,9,14,19H,3-8,10H2,(H,20,23,24). The highest BCUT2D eigenvalue weighted by Gasteiger charge is 2.44. The van der Waals surface area contributed by atoms with Crippen LogP contribution in [0.1, 0.15) is 39.1 Å². The molecule has 2 fully saturated rings. The first-order valence-electron chi connectivity index (χ1n) is 8.82. The van der Waals surface area contributed by atoms with Gasteiger partial charge in [-0.25, -0.2) is 0 Å². The largest absolute Gasteiger partial charge is 0.314 e. The summed E-state index contributed by atoms with van der Waals surface area (Å²) >= 11 is 0. The smallest absolute Gasteiger partial charge is 0.262 e. The normalized spacial score (nSPS) is 24.0. The molecule has 0 saturated carbocycles. The molecule has 2 N–H and O–H groups in total. The summed E-state index contributed by atoms with van der Waals surface area (Å²) in [4.78, 5) is 52.1. The van der Waals surface area contributed by atoms with E-state index in [1.807, 2.05) is 6.07 Å². The van der Waals surface area contributed by atoms with E-state index in [1.54, 1.807) is 12.1 Å². The lowest BCUT2D eigenvalue weighted by molar-refractivity contribution is -0.136. The summed E-state index contributed by atoms with van der Waals surface area (Å²) in [5, 5.41) is 5.50. The molecule has 3 heterocycles. The van der Waals surface area contributed by atoms with Crippen LogP contribution in [0.3, 0.4) is 0 Å². The molecular formula is C18H20N4O4. The lowest BCUT2D eigenvalue weighted by Crippen LogP contribution is -2.54. The minimum absolute atomic E-state index is 0.123. The number of carbonyl (C=O) groups is 4. The van der Waals surface area contributed by atoms with Crippen LogP contribution in [-0.2, 0) is 16.1 Å². The average Bonchev–Trinajstić information content (AvgIpc) is 2.87. The summed E-state index contributed by atoms with van der Waals surface area (Å²) in [7, 11) is 0. The quantitative estimate of drug-likeness (QED) is 0.708. The number of rotatable bonds is 3. The zero-order valence-corrected chi connectivity index (χ0v) is 14.3. The van der Waals surface area contributed by atoms with Gasteiger partial charge in [0.2, 0.25) is 11.8 Å². The van der Waals surface area contributed by atoms with Crippen molar-refractivity contribution in [2.75, 3.05) is 26.2 Å². The van der Waals surface area contributed by atoms with Crippen molar-refractivity contribution in [2.24, 2.45) is 0 Å². The number of nitrogens with zero attached hydrogens (tertiary/aromatic N) is 2. The molecule has 136 valence electrons. The molecule has 4 amide bonds. The van der Waals surface area contributed by atoms with E-state index in [1.165, 1.54) is 0 Å². The number of benzene rings is 1. The molecule has 2 saturated heterocycles. The van der Waals surface area contributed by atoms with Gasteiger partial charge in [-0.05, 0) is 24.1 Å². The van der Waals surface area contributed by atoms with Crippen molar-refractivity contribution in [3.05, 3.63) is 34.9 Å². The molecule has 3 aliphatic heterocycles. The monoisotopic (exact) mass is 356 g/mol. The van der Waals surface area contributed by atoms with E-state index in [0.29, 0.717) is 11.1 Å². The number of hydrogen-bond donors (Lipinski definition) is 2. The Kier molecular flexibility index (Phi) is 4.29. The SMILES string of the molecule is O=C1CCC(N2C(=O)c3ccc(CN4CCNCC4)cc3C2=O)C(=O)N1. The summed E-state index contributed by atoms with van der Waals surface area (Å²) < 4.78 is 0. The Morgan fingerprint density at radius 1 is 1.00 bits per heavy atom. The van der Waals surface area contributed by atoms with Gasteiger partial charge in [0.25, 0.3) is 11.8 Å². The maximum atomic E-state index is 12.8. The van der Waals surface area contributed by atoms with Crippen LogP contribution in [0, 0.1) is 0 Å². The summed E-state index contributed by atoms with van der Waals surface area (Å²) in [6, 6.07) is 4.36. The Bertz CT molecular complexity index is 800. The van der Waals surface area contributed by atoms with E-state index in [9.17, 15) is 19.2 Å². The topological polar surface area (TPSA) is 98.8 Å². The number of hydrogen-bond acceptors (Lipinski definition) is 6. The first kappa shape index (κ1) is 16.9. The van der Waals surface area contributed by atoms with Crippen LogP contribution in [0.2, 0.25) is 0 Å². The number of carbonyl (C=O) groups excluding carboxylic acids is 4. The van der Waals surface area contributed by atoms with Gasteiger partial charge in [-0.1, -0.05) is 6.07 Å². The van der Waals surface area contributed by atoms with E-state index in [-0.39, 0.29) is 18.7 Å². The highest BCUT2D eigenvalue weighted by molar-refractivity contribution is 6.23. The summed E-state index contributed by atoms with van der Waals surface area (Å²) in [5.41, 5.74) is 1.63. The van der Waals surface area contributed by atoms with E-state index >= 15 is 0 Å². The van der Waals surface area contributed by atoms with E-state index in [2.05, 4.69) is 15.5 Å². The van der Waals surface area contributed by atoms with Crippen molar-refractivity contribution in [1.29, 1.82) is 0 Å². The van der Waals surface area contributed by atoms with Crippen LogP contribution in [0.4, 0.5) is 0 Å². The number of imide groups is 2. The predicted octanol–water partition coefficient (Wildman–Crippen LogP) is -0.507. The predicted molar refractivity (Wildman–Crippen MR) is 91.3 cm³/mol. The first-order chi connectivity index (χ1) is 12.5. The molecule has 26 heavy (non-hydrogen) atoms. The summed E-state index contributed by atoms with van der Waals surface area (Å²) in [5.74, 6) is -1.88. The first-order valence-corrected chi connectivity index (χ1v) is 8.82. The van der Waals surface area contributed by atoms with Crippen LogP contribution in [0.25, 0.3) is 0 Å². The lowest BCUT2D eigenvalue weighted by Gasteiger charge is -2.27. The van der Waals surface area contributed by atoms with Crippen LogP contribution in [0.5, 0.6) is 0 Å². The van der Waals surface area contributed by atoms with Gasteiger partial charge in [-0.15, -0.1) is 0 Å². The molecule has 1 atom stereocenters. The number of nitrogens with one attached hydrogen (secondary N) is 2. The van der Waals surface area contributed by atoms with E-state index in [0.717, 1.165) is 43.2 Å². The van der Waals surface area contributed by atoms with Crippen molar-refractivity contribution in [3.63, 3.8) is 0 Å². The third kappa shape index (κ3) is 2.91. The Labute approximate surface area is 150 Å². The number of piperazine rings is 1. The molecule has 1 unspecified atom stereocenters.